The van der Waals surface area contributed by atoms with Crippen LogP contribution in [0.3, 0.4) is 0 Å². The molecule has 28 heavy (non-hydrogen) atoms. The minimum Gasteiger partial charge on any atom is -0.496 e. The average Bonchev–Trinajstić information content (AvgIpc) is 2.73. The Balaban J connectivity index is 1.73. The van der Waals surface area contributed by atoms with Gasteiger partial charge in [-0.1, -0.05) is 49.4 Å². The summed E-state index contributed by atoms with van der Waals surface area (Å²) in [4.78, 5) is 18.7. The maximum Gasteiger partial charge on any atom is 0.227 e. The van der Waals surface area contributed by atoms with Gasteiger partial charge in [0.1, 0.15) is 11.9 Å². The third-order valence-corrected chi connectivity index (χ3v) is 4.80. The highest BCUT2D eigenvalue weighted by Gasteiger charge is 2.21. The molecule has 1 aromatic heterocycles. The Morgan fingerprint density at radius 3 is 2.71 bits per heavy atom. The first-order valence-corrected chi connectivity index (χ1v) is 9.53. The van der Waals surface area contributed by atoms with E-state index in [1.165, 1.54) is 0 Å². The molecule has 0 aliphatic carbocycles. The number of aliphatic hydroxyl groups excluding tert-OH is 1. The second kappa shape index (κ2) is 9.33. The SMILES string of the molecule is CCCN(CC(O)c1cnccc1OC)C(=O)Cc1ccc2ccccc2c1. The van der Waals surface area contributed by atoms with Crippen molar-refractivity contribution in [2.24, 2.45) is 0 Å². The van der Waals surface area contributed by atoms with Crippen LogP contribution in [0.25, 0.3) is 10.8 Å². The maximum absolute atomic E-state index is 12.9. The summed E-state index contributed by atoms with van der Waals surface area (Å²) in [5.74, 6) is 0.569. The maximum atomic E-state index is 12.9. The molecule has 1 heterocycles. The van der Waals surface area contributed by atoms with Crippen LogP contribution in [0, 0.1) is 0 Å². The van der Waals surface area contributed by atoms with E-state index in [2.05, 4.69) is 17.1 Å². The molecule has 3 aromatic rings. The summed E-state index contributed by atoms with van der Waals surface area (Å²) in [5, 5.41) is 12.9. The van der Waals surface area contributed by atoms with Crippen molar-refractivity contribution < 1.29 is 14.6 Å². The lowest BCUT2D eigenvalue weighted by Crippen LogP contribution is -2.36. The second-order valence-electron chi connectivity index (χ2n) is 6.83. The highest BCUT2D eigenvalue weighted by Crippen LogP contribution is 2.25. The number of benzene rings is 2. The number of nitrogens with zero attached hydrogens (tertiary/aromatic N) is 2. The Kier molecular flexibility index (Phi) is 6.61. The number of aliphatic hydroxyl groups is 1. The monoisotopic (exact) mass is 378 g/mol. The molecule has 0 saturated heterocycles. The minimum atomic E-state index is -0.851. The largest absolute Gasteiger partial charge is 0.496 e. The lowest BCUT2D eigenvalue weighted by molar-refractivity contribution is -0.132. The number of rotatable bonds is 8. The fraction of sp³-hybridized carbons (Fsp3) is 0.304. The molecule has 3 rings (SSSR count). The third kappa shape index (κ3) is 4.67. The Labute approximate surface area is 165 Å². The molecule has 0 spiro atoms. The van der Waals surface area contributed by atoms with Crippen molar-refractivity contribution in [3.8, 4) is 5.75 Å². The number of hydrogen-bond acceptors (Lipinski definition) is 4. The molecule has 0 aliphatic rings. The van der Waals surface area contributed by atoms with Gasteiger partial charge in [-0.2, -0.15) is 0 Å². The normalized spacial score (nSPS) is 12.0. The smallest absolute Gasteiger partial charge is 0.227 e. The first kappa shape index (κ1) is 19.8. The molecule has 0 aliphatic heterocycles. The van der Waals surface area contributed by atoms with Gasteiger partial charge in [0.2, 0.25) is 5.91 Å². The predicted octanol–water partition coefficient (Wildman–Crippen LogP) is 3.76. The zero-order chi connectivity index (χ0) is 19.9. The van der Waals surface area contributed by atoms with Crippen molar-refractivity contribution in [3.63, 3.8) is 0 Å². The summed E-state index contributed by atoms with van der Waals surface area (Å²) in [6, 6.07) is 15.9. The lowest BCUT2D eigenvalue weighted by atomic mass is 10.0. The van der Waals surface area contributed by atoms with Crippen molar-refractivity contribution in [1.29, 1.82) is 0 Å². The number of fused-ring (bicyclic) bond motifs is 1. The summed E-state index contributed by atoms with van der Waals surface area (Å²) < 4.78 is 5.30. The Morgan fingerprint density at radius 1 is 1.18 bits per heavy atom. The van der Waals surface area contributed by atoms with Gasteiger partial charge >= 0.3 is 0 Å². The van der Waals surface area contributed by atoms with E-state index in [-0.39, 0.29) is 12.5 Å². The van der Waals surface area contributed by atoms with Crippen molar-refractivity contribution >= 4 is 16.7 Å². The van der Waals surface area contributed by atoms with Crippen LogP contribution >= 0.6 is 0 Å². The molecule has 2 aromatic carbocycles. The summed E-state index contributed by atoms with van der Waals surface area (Å²) in [6.07, 6.45) is 3.48. The number of methoxy groups -OCH3 is 1. The van der Waals surface area contributed by atoms with Crippen molar-refractivity contribution in [2.45, 2.75) is 25.9 Å². The number of carbonyl (C=O) groups excluding carboxylic acids is 1. The van der Waals surface area contributed by atoms with Crippen LogP contribution in [0.15, 0.2) is 60.9 Å². The van der Waals surface area contributed by atoms with Gasteiger partial charge < -0.3 is 14.7 Å². The molecule has 146 valence electrons. The number of amides is 1. The van der Waals surface area contributed by atoms with Gasteiger partial charge in [-0.25, -0.2) is 0 Å². The van der Waals surface area contributed by atoms with Gasteiger partial charge in [0.05, 0.1) is 20.1 Å². The van der Waals surface area contributed by atoms with Crippen molar-refractivity contribution in [2.75, 3.05) is 20.2 Å². The van der Waals surface area contributed by atoms with E-state index < -0.39 is 6.10 Å². The fourth-order valence-electron chi connectivity index (χ4n) is 3.36. The van der Waals surface area contributed by atoms with Crippen LogP contribution in [-0.2, 0) is 11.2 Å². The summed E-state index contributed by atoms with van der Waals surface area (Å²) in [5.41, 5.74) is 1.56. The lowest BCUT2D eigenvalue weighted by Gasteiger charge is -2.26. The van der Waals surface area contributed by atoms with E-state index in [4.69, 9.17) is 4.74 Å². The first-order chi connectivity index (χ1) is 13.6. The standard InChI is InChI=1S/C23H26N2O3/c1-3-12-25(16-21(26)20-15-24-11-10-22(20)28-2)23(27)14-17-8-9-18-6-4-5-7-19(18)13-17/h4-11,13,15,21,26H,3,12,14,16H2,1-2H3. The van der Waals surface area contributed by atoms with Gasteiger partial charge in [-0.15, -0.1) is 0 Å². The van der Waals surface area contributed by atoms with Crippen LogP contribution in [0.4, 0.5) is 0 Å². The Bertz CT molecular complexity index is 942. The molecular weight excluding hydrogens is 352 g/mol. The second-order valence-corrected chi connectivity index (χ2v) is 6.83. The topological polar surface area (TPSA) is 62.7 Å². The van der Waals surface area contributed by atoms with Crippen LogP contribution in [-0.4, -0.2) is 41.1 Å². The van der Waals surface area contributed by atoms with Gasteiger partial charge in [0.15, 0.2) is 0 Å². The summed E-state index contributed by atoms with van der Waals surface area (Å²) in [7, 11) is 1.56. The number of ether oxygens (including phenoxy) is 1. The molecule has 0 radical (unpaired) electrons. The molecular formula is C23H26N2O3. The molecule has 1 N–H and O–H groups in total. The van der Waals surface area contributed by atoms with Crippen molar-refractivity contribution in [3.05, 3.63) is 72.1 Å². The molecule has 1 unspecified atom stereocenters. The molecule has 1 amide bonds. The third-order valence-electron chi connectivity index (χ3n) is 4.80. The summed E-state index contributed by atoms with van der Waals surface area (Å²) in [6.45, 7) is 2.82. The van der Waals surface area contributed by atoms with Crippen LogP contribution in [0.1, 0.15) is 30.6 Å². The summed E-state index contributed by atoms with van der Waals surface area (Å²) >= 11 is 0. The first-order valence-electron chi connectivity index (χ1n) is 9.53. The number of carbonyl (C=O) groups is 1. The van der Waals surface area contributed by atoms with Gasteiger partial charge in [0, 0.05) is 24.5 Å². The zero-order valence-electron chi connectivity index (χ0n) is 16.3. The number of hydrogen-bond donors (Lipinski definition) is 1. The molecule has 1 atom stereocenters. The number of pyridine rings is 1. The fourth-order valence-corrected chi connectivity index (χ4v) is 3.36. The Morgan fingerprint density at radius 2 is 1.96 bits per heavy atom. The van der Waals surface area contributed by atoms with E-state index in [1.54, 1.807) is 30.5 Å². The minimum absolute atomic E-state index is 0.000890. The van der Waals surface area contributed by atoms with E-state index >= 15 is 0 Å². The molecule has 5 heteroatoms. The molecule has 0 fully saturated rings. The van der Waals surface area contributed by atoms with Crippen LogP contribution in [0.2, 0.25) is 0 Å². The highest BCUT2D eigenvalue weighted by atomic mass is 16.5. The van der Waals surface area contributed by atoms with E-state index in [0.29, 0.717) is 24.3 Å². The Hall–Kier alpha value is -2.92. The zero-order valence-corrected chi connectivity index (χ0v) is 16.3. The van der Waals surface area contributed by atoms with Crippen molar-refractivity contribution in [1.82, 2.24) is 9.88 Å². The van der Waals surface area contributed by atoms with Gasteiger partial charge in [-0.05, 0) is 28.8 Å². The average molecular weight is 378 g/mol. The van der Waals surface area contributed by atoms with E-state index in [9.17, 15) is 9.90 Å². The number of aromatic nitrogens is 1. The molecule has 5 nitrogen and oxygen atoms in total. The van der Waals surface area contributed by atoms with Crippen LogP contribution in [0.5, 0.6) is 5.75 Å². The van der Waals surface area contributed by atoms with Crippen LogP contribution < -0.4 is 4.74 Å². The molecule has 0 saturated carbocycles. The van der Waals surface area contributed by atoms with Gasteiger partial charge in [0.25, 0.3) is 0 Å². The predicted molar refractivity (Wildman–Crippen MR) is 110 cm³/mol. The highest BCUT2D eigenvalue weighted by molar-refractivity contribution is 5.85. The van der Waals surface area contributed by atoms with Gasteiger partial charge in [-0.3, -0.25) is 9.78 Å². The molecule has 0 bridgehead atoms. The quantitative estimate of drug-likeness (QED) is 0.648. The van der Waals surface area contributed by atoms with E-state index in [0.717, 1.165) is 22.8 Å². The van der Waals surface area contributed by atoms with E-state index in [1.807, 2.05) is 37.3 Å².